The van der Waals surface area contributed by atoms with Crippen molar-refractivity contribution in [2.75, 3.05) is 46.0 Å². The average molecular weight is 483 g/mol. The standard InChI is InChI=1S/C26H27ClN2O5/c1-2-33-19-7-4-17(5-8-19)23-22-24(30)20-16-18(27)6-9-21(20)34-25(22)26(31)29(23)11-3-10-28-12-14-32-15-13-28/h4-9,16,23H,2-3,10-15H2,1H3. The maximum absolute atomic E-state index is 13.6. The largest absolute Gasteiger partial charge is 0.494 e. The molecule has 1 fully saturated rings. The molecule has 7 nitrogen and oxygen atoms in total. The fourth-order valence-corrected chi connectivity index (χ4v) is 4.94. The van der Waals surface area contributed by atoms with E-state index >= 15 is 0 Å². The molecule has 0 saturated carbocycles. The number of halogens is 1. The van der Waals surface area contributed by atoms with Gasteiger partial charge in [0.25, 0.3) is 5.91 Å². The zero-order valence-corrected chi connectivity index (χ0v) is 19.8. The molecule has 1 atom stereocenters. The molecule has 1 saturated heterocycles. The highest BCUT2D eigenvalue weighted by atomic mass is 35.5. The van der Waals surface area contributed by atoms with Crippen LogP contribution >= 0.6 is 11.6 Å². The van der Waals surface area contributed by atoms with Crippen molar-refractivity contribution in [1.29, 1.82) is 0 Å². The van der Waals surface area contributed by atoms with Crippen molar-refractivity contribution in [3.63, 3.8) is 0 Å². The summed E-state index contributed by atoms with van der Waals surface area (Å²) < 4.78 is 17.0. The average Bonchev–Trinajstić information content (AvgIpc) is 3.13. The van der Waals surface area contributed by atoms with E-state index in [1.165, 1.54) is 0 Å². The van der Waals surface area contributed by atoms with Crippen molar-refractivity contribution < 1.29 is 18.7 Å². The Kier molecular flexibility index (Phi) is 6.59. The van der Waals surface area contributed by atoms with Gasteiger partial charge in [-0.2, -0.15) is 0 Å². The Morgan fingerprint density at radius 1 is 1.06 bits per heavy atom. The molecule has 2 aromatic carbocycles. The zero-order valence-electron chi connectivity index (χ0n) is 19.1. The third kappa shape index (κ3) is 4.31. The first-order valence-electron chi connectivity index (χ1n) is 11.7. The molecule has 5 rings (SSSR count). The van der Waals surface area contributed by atoms with Gasteiger partial charge in [-0.05, 0) is 49.2 Å². The topological polar surface area (TPSA) is 72.2 Å². The van der Waals surface area contributed by atoms with Crippen molar-refractivity contribution >= 4 is 28.5 Å². The van der Waals surface area contributed by atoms with Crippen LogP contribution in [0.1, 0.15) is 41.1 Å². The summed E-state index contributed by atoms with van der Waals surface area (Å²) in [5, 5.41) is 0.828. The smallest absolute Gasteiger partial charge is 0.290 e. The van der Waals surface area contributed by atoms with Gasteiger partial charge in [-0.25, -0.2) is 0 Å². The summed E-state index contributed by atoms with van der Waals surface area (Å²) in [6.07, 6.45) is 0.785. The maximum Gasteiger partial charge on any atom is 0.290 e. The molecular weight excluding hydrogens is 456 g/mol. The number of carbonyl (C=O) groups excluding carboxylic acids is 1. The minimum absolute atomic E-state index is 0.116. The molecule has 0 radical (unpaired) electrons. The van der Waals surface area contributed by atoms with Crippen molar-refractivity contribution in [2.24, 2.45) is 0 Å². The number of hydrogen-bond acceptors (Lipinski definition) is 6. The lowest BCUT2D eigenvalue weighted by Crippen LogP contribution is -2.38. The van der Waals surface area contributed by atoms with E-state index < -0.39 is 6.04 Å². The predicted molar refractivity (Wildman–Crippen MR) is 130 cm³/mol. The highest BCUT2D eigenvalue weighted by Crippen LogP contribution is 2.39. The molecule has 3 heterocycles. The summed E-state index contributed by atoms with van der Waals surface area (Å²) >= 11 is 6.16. The van der Waals surface area contributed by atoms with Crippen LogP contribution in [0.4, 0.5) is 0 Å². The molecule has 8 heteroatoms. The van der Waals surface area contributed by atoms with Gasteiger partial charge < -0.3 is 18.8 Å². The summed E-state index contributed by atoms with van der Waals surface area (Å²) in [6.45, 7) is 7.11. The second-order valence-corrected chi connectivity index (χ2v) is 8.96. The van der Waals surface area contributed by atoms with E-state index in [0.29, 0.717) is 34.7 Å². The Hall–Kier alpha value is -2.87. The van der Waals surface area contributed by atoms with Crippen molar-refractivity contribution in [3.05, 3.63) is 74.6 Å². The number of rotatable bonds is 7. The first-order valence-corrected chi connectivity index (χ1v) is 12.0. The van der Waals surface area contributed by atoms with Gasteiger partial charge in [-0.3, -0.25) is 14.5 Å². The first kappa shape index (κ1) is 22.9. The molecule has 2 aliphatic heterocycles. The van der Waals surface area contributed by atoms with Crippen LogP contribution in [0.3, 0.4) is 0 Å². The molecule has 178 valence electrons. The van der Waals surface area contributed by atoms with Crippen molar-refractivity contribution in [2.45, 2.75) is 19.4 Å². The number of amides is 1. The monoisotopic (exact) mass is 482 g/mol. The fraction of sp³-hybridized carbons (Fsp3) is 0.385. The molecule has 0 spiro atoms. The molecule has 34 heavy (non-hydrogen) atoms. The van der Waals surface area contributed by atoms with Crippen molar-refractivity contribution in [3.8, 4) is 5.75 Å². The second-order valence-electron chi connectivity index (χ2n) is 8.53. The molecule has 2 aliphatic rings. The van der Waals surface area contributed by atoms with Crippen LogP contribution in [0.15, 0.2) is 51.7 Å². The van der Waals surface area contributed by atoms with Gasteiger partial charge in [-0.15, -0.1) is 0 Å². The number of nitrogens with zero attached hydrogens (tertiary/aromatic N) is 2. The van der Waals surface area contributed by atoms with Crippen LogP contribution in [0.25, 0.3) is 11.0 Å². The maximum atomic E-state index is 13.6. The van der Waals surface area contributed by atoms with Crippen LogP contribution < -0.4 is 10.2 Å². The number of hydrogen-bond donors (Lipinski definition) is 0. The number of morpholine rings is 1. The van der Waals surface area contributed by atoms with E-state index in [1.807, 2.05) is 31.2 Å². The summed E-state index contributed by atoms with van der Waals surface area (Å²) in [5.74, 6) is 0.599. The predicted octanol–water partition coefficient (Wildman–Crippen LogP) is 4.11. The number of benzene rings is 2. The lowest BCUT2D eigenvalue weighted by atomic mass is 9.98. The molecule has 1 aromatic heterocycles. The van der Waals surface area contributed by atoms with Gasteiger partial charge in [0.2, 0.25) is 5.76 Å². The minimum Gasteiger partial charge on any atom is -0.494 e. The molecule has 1 unspecified atom stereocenters. The van der Waals surface area contributed by atoms with Crippen LogP contribution in [-0.4, -0.2) is 61.7 Å². The van der Waals surface area contributed by atoms with Gasteiger partial charge in [0.1, 0.15) is 11.3 Å². The van der Waals surface area contributed by atoms with Gasteiger partial charge in [0.15, 0.2) is 5.43 Å². The highest BCUT2D eigenvalue weighted by Gasteiger charge is 2.42. The number of ether oxygens (including phenoxy) is 2. The summed E-state index contributed by atoms with van der Waals surface area (Å²) in [7, 11) is 0. The first-order chi connectivity index (χ1) is 16.6. The number of fused-ring (bicyclic) bond motifs is 2. The van der Waals surface area contributed by atoms with E-state index in [4.69, 9.17) is 25.5 Å². The SMILES string of the molecule is CCOc1ccc(C2c3c(oc4ccc(Cl)cc4c3=O)C(=O)N2CCCN2CCOCC2)cc1. The fourth-order valence-electron chi connectivity index (χ4n) is 4.77. The Labute approximate surface area is 202 Å². The van der Waals surface area contributed by atoms with Crippen LogP contribution in [0.2, 0.25) is 5.02 Å². The number of carbonyl (C=O) groups is 1. The molecule has 0 N–H and O–H groups in total. The Balaban J connectivity index is 1.52. The summed E-state index contributed by atoms with van der Waals surface area (Å²) in [6, 6.07) is 11.9. The van der Waals surface area contributed by atoms with Crippen LogP contribution in [0.5, 0.6) is 5.75 Å². The van der Waals surface area contributed by atoms with E-state index in [0.717, 1.165) is 50.6 Å². The third-order valence-corrected chi connectivity index (χ3v) is 6.65. The minimum atomic E-state index is -0.525. The van der Waals surface area contributed by atoms with Crippen LogP contribution in [-0.2, 0) is 4.74 Å². The second kappa shape index (κ2) is 9.78. The Bertz CT molecular complexity index is 1250. The Morgan fingerprint density at radius 2 is 1.82 bits per heavy atom. The molecule has 0 aliphatic carbocycles. The van der Waals surface area contributed by atoms with E-state index in [1.54, 1.807) is 23.1 Å². The van der Waals surface area contributed by atoms with E-state index in [2.05, 4.69) is 4.90 Å². The Morgan fingerprint density at radius 3 is 2.56 bits per heavy atom. The highest BCUT2D eigenvalue weighted by molar-refractivity contribution is 6.31. The van der Waals surface area contributed by atoms with Gasteiger partial charge in [0.05, 0.1) is 36.8 Å². The van der Waals surface area contributed by atoms with Gasteiger partial charge in [-0.1, -0.05) is 23.7 Å². The molecular formula is C26H27ClN2O5. The lowest BCUT2D eigenvalue weighted by molar-refractivity contribution is 0.0353. The van der Waals surface area contributed by atoms with Crippen molar-refractivity contribution in [1.82, 2.24) is 9.80 Å². The van der Waals surface area contributed by atoms with E-state index in [9.17, 15) is 9.59 Å². The van der Waals surface area contributed by atoms with Gasteiger partial charge >= 0.3 is 0 Å². The zero-order chi connectivity index (χ0) is 23.7. The van der Waals surface area contributed by atoms with Gasteiger partial charge in [0, 0.05) is 31.2 Å². The normalized spacial score (nSPS) is 18.5. The molecule has 3 aromatic rings. The molecule has 1 amide bonds. The third-order valence-electron chi connectivity index (χ3n) is 6.41. The van der Waals surface area contributed by atoms with E-state index in [-0.39, 0.29) is 17.1 Å². The summed E-state index contributed by atoms with van der Waals surface area (Å²) in [5.41, 5.74) is 1.36. The molecule has 0 bridgehead atoms. The quantitative estimate of drug-likeness (QED) is 0.504. The summed E-state index contributed by atoms with van der Waals surface area (Å²) in [4.78, 5) is 31.2. The lowest BCUT2D eigenvalue weighted by Gasteiger charge is -2.29. The van der Waals surface area contributed by atoms with Crippen LogP contribution in [0, 0.1) is 0 Å².